The van der Waals surface area contributed by atoms with E-state index in [1.54, 1.807) is 104 Å². The Morgan fingerprint density at radius 2 is 0.929 bits per heavy atom. The highest BCUT2D eigenvalue weighted by Crippen LogP contribution is 2.37. The molecule has 0 radical (unpaired) electrons. The minimum absolute atomic E-state index is 0.0150. The number of alkyl carbamates (subject to hydrolysis) is 2. The molecule has 4 N–H and O–H groups in total. The molecular weight excluding hydrogens is 1100 g/mol. The van der Waals surface area contributed by atoms with Crippen molar-refractivity contribution in [1.82, 2.24) is 41.2 Å². The molecule has 2 aliphatic heterocycles. The lowest BCUT2D eigenvalue weighted by Crippen LogP contribution is -2.32. The first kappa shape index (κ1) is 52.3. The van der Waals surface area contributed by atoms with Crippen molar-refractivity contribution >= 4 is 35.1 Å². The van der Waals surface area contributed by atoms with Crippen molar-refractivity contribution in [3.63, 3.8) is 0 Å². The number of hydrogen-bond donors (Lipinski definition) is 4. The number of amides is 4. The van der Waals surface area contributed by atoms with Gasteiger partial charge in [0.25, 0.3) is 11.8 Å². The van der Waals surface area contributed by atoms with Gasteiger partial charge in [0, 0.05) is 25.5 Å². The van der Waals surface area contributed by atoms with Gasteiger partial charge >= 0.3 is 24.5 Å². The zero-order valence-electron chi connectivity index (χ0n) is 54.9. The van der Waals surface area contributed by atoms with Gasteiger partial charge in [-0.25, -0.2) is 29.5 Å². The Bertz CT molecular complexity index is 3530. The Kier molecular flexibility index (Phi) is 17.0. The van der Waals surface area contributed by atoms with Crippen LogP contribution in [0.1, 0.15) is 157 Å². The monoisotopic (exact) mass is 1170 g/mol. The summed E-state index contributed by atoms with van der Waals surface area (Å²) in [6.45, 7) is 4.09. The Hall–Kier alpha value is -8.50. The number of hydrogen-bond acceptors (Lipinski definition) is 12. The maximum absolute atomic E-state index is 13.6. The van der Waals surface area contributed by atoms with Crippen LogP contribution in [0, 0.1) is 0 Å². The molecule has 2 aliphatic rings. The zero-order chi connectivity index (χ0) is 68.2. The zero-order valence-corrected chi connectivity index (χ0v) is 46.9. The van der Waals surface area contributed by atoms with Crippen LogP contribution in [0.25, 0.3) is 33.4 Å². The first-order valence-electron chi connectivity index (χ1n) is 30.1. The average molecular weight is 1170 g/mol. The molecule has 0 unspecified atom stereocenters. The Labute approximate surface area is 494 Å². The molecular formula is C62H66F6N8O8. The second kappa shape index (κ2) is 27.3. The topological polar surface area (TPSA) is 205 Å². The number of carbonyl (C=O) groups is 4. The molecule has 0 saturated carbocycles. The third-order valence-electron chi connectivity index (χ3n) is 12.3. The number of nitrogens with one attached hydrogen (secondary N) is 4. The Morgan fingerprint density at radius 3 is 1.26 bits per heavy atom. The number of halogens is 6. The number of alkyl halides is 6. The van der Waals surface area contributed by atoms with Crippen molar-refractivity contribution in [3.8, 4) is 22.3 Å². The summed E-state index contributed by atoms with van der Waals surface area (Å²) in [5.74, 6) is -1.18. The molecule has 4 heterocycles. The van der Waals surface area contributed by atoms with Gasteiger partial charge in [-0.05, 0) is 160 Å². The van der Waals surface area contributed by atoms with E-state index in [2.05, 4.69) is 41.2 Å². The molecule has 16 nitrogen and oxygen atoms in total. The van der Waals surface area contributed by atoms with E-state index in [-0.39, 0.29) is 71.2 Å². The molecule has 8 rings (SSSR count). The maximum atomic E-state index is 13.6. The number of ether oxygens (including phenoxy) is 4. The molecule has 4 amide bonds. The van der Waals surface area contributed by atoms with E-state index < -0.39 is 97.0 Å². The fraction of sp³-hybridized carbons (Fsp3) is 0.355. The molecule has 0 fully saturated rings. The lowest BCUT2D eigenvalue weighted by Gasteiger charge is -2.20. The van der Waals surface area contributed by atoms with Crippen molar-refractivity contribution in [2.45, 2.75) is 117 Å². The maximum Gasteiger partial charge on any atom is 0.416 e. The van der Waals surface area contributed by atoms with Crippen LogP contribution < -0.4 is 21.3 Å². The van der Waals surface area contributed by atoms with Gasteiger partial charge < -0.3 is 40.2 Å². The fourth-order valence-electron chi connectivity index (χ4n) is 8.11. The van der Waals surface area contributed by atoms with Crippen LogP contribution in [-0.2, 0) is 44.4 Å². The molecule has 0 spiro atoms. The quantitative estimate of drug-likeness (QED) is 0.0752. The summed E-state index contributed by atoms with van der Waals surface area (Å²) in [7, 11) is 0. The first-order chi connectivity index (χ1) is 42.4. The molecule has 4 aromatic carbocycles. The molecule has 2 atom stereocenters. The minimum Gasteiger partial charge on any atom is -0.444 e. The van der Waals surface area contributed by atoms with Crippen LogP contribution in [0.2, 0.25) is 0 Å². The molecule has 6 aromatic rings. The number of benzene rings is 4. The average Bonchev–Trinajstić information content (AvgIpc) is 0.853. The second-order valence-corrected chi connectivity index (χ2v) is 21.0. The highest BCUT2D eigenvalue weighted by Gasteiger charge is 2.33. The van der Waals surface area contributed by atoms with Crippen molar-refractivity contribution < 1.29 is 75.4 Å². The number of rotatable bonds is 14. The van der Waals surface area contributed by atoms with E-state index in [1.165, 1.54) is 36.7 Å². The second-order valence-electron chi connectivity index (χ2n) is 21.0. The normalized spacial score (nSPS) is 18.3. The van der Waals surface area contributed by atoms with E-state index in [1.807, 2.05) is 0 Å². The van der Waals surface area contributed by atoms with E-state index >= 15 is 0 Å². The molecule has 22 heteroatoms. The predicted octanol–water partition coefficient (Wildman–Crippen LogP) is 13.0. The number of aromatic nitrogens is 4. The van der Waals surface area contributed by atoms with Gasteiger partial charge in [0.2, 0.25) is 0 Å². The van der Waals surface area contributed by atoms with E-state index in [0.29, 0.717) is 33.4 Å². The summed E-state index contributed by atoms with van der Waals surface area (Å²) in [6.07, 6.45) is -6.45. The van der Waals surface area contributed by atoms with Gasteiger partial charge in [0.15, 0.2) is 11.6 Å². The molecule has 2 aromatic heterocycles. The summed E-state index contributed by atoms with van der Waals surface area (Å²) in [6, 6.07) is 21.3. The van der Waals surface area contributed by atoms with Gasteiger partial charge in [-0.2, -0.15) is 26.3 Å². The highest BCUT2D eigenvalue weighted by atomic mass is 19.4. The summed E-state index contributed by atoms with van der Waals surface area (Å²) in [4.78, 5) is 67.0. The molecule has 0 bridgehead atoms. The van der Waals surface area contributed by atoms with Crippen LogP contribution in [-0.4, -0.2) is 81.4 Å². The highest BCUT2D eigenvalue weighted by molar-refractivity contribution is 5.93. The minimum atomic E-state index is -4.58. The molecule has 0 aliphatic carbocycles. The smallest absolute Gasteiger partial charge is 0.416 e. The molecule has 84 heavy (non-hydrogen) atoms. The number of carbonyl (C=O) groups excluding carboxylic acids is 4. The Morgan fingerprint density at radius 1 is 0.560 bits per heavy atom. The van der Waals surface area contributed by atoms with Crippen LogP contribution >= 0.6 is 0 Å². The van der Waals surface area contributed by atoms with Gasteiger partial charge in [0.1, 0.15) is 22.6 Å². The Balaban J connectivity index is 0.000000261. The third kappa shape index (κ3) is 18.2. The van der Waals surface area contributed by atoms with Crippen LogP contribution in [0.4, 0.5) is 35.9 Å². The van der Waals surface area contributed by atoms with Crippen LogP contribution in [0.5, 0.6) is 0 Å². The van der Waals surface area contributed by atoms with Crippen molar-refractivity contribution in [2.75, 3.05) is 26.2 Å². The standard InChI is InChI=1S/2C31H33F3N4O4/c2*1-19(37-28(39)26-11-14-35-27(38-26)22-12-15-41-16-13-22)20-5-7-21(8-6-20)25-17-24(31(32,33)34)10-9-23(25)18-36-29(40)42-30(2,3)4/h2*5-12,14,17,19H,13,15-16,18H2,1-4H3,(H,36,40)(H,37,39)/t2*19-/m11/s1/i2*15D2,16D2. The van der Waals surface area contributed by atoms with Gasteiger partial charge in [-0.3, -0.25) is 9.59 Å². The lowest BCUT2D eigenvalue weighted by atomic mass is 9.95. The summed E-state index contributed by atoms with van der Waals surface area (Å²) < 4.78 is 164. The van der Waals surface area contributed by atoms with Crippen LogP contribution in [0.15, 0.2) is 122 Å². The third-order valence-corrected chi connectivity index (χ3v) is 12.3. The van der Waals surface area contributed by atoms with Crippen molar-refractivity contribution in [1.29, 1.82) is 0 Å². The first-order valence-corrected chi connectivity index (χ1v) is 26.1. The van der Waals surface area contributed by atoms with Gasteiger partial charge in [0.05, 0.1) is 60.4 Å². The summed E-state index contributed by atoms with van der Waals surface area (Å²) >= 11 is 0. The lowest BCUT2D eigenvalue weighted by molar-refractivity contribution is -0.138. The van der Waals surface area contributed by atoms with Crippen molar-refractivity contribution in [3.05, 3.63) is 178 Å². The van der Waals surface area contributed by atoms with E-state index in [9.17, 15) is 45.5 Å². The van der Waals surface area contributed by atoms with Crippen molar-refractivity contribution in [2.24, 2.45) is 0 Å². The fourth-order valence-corrected chi connectivity index (χ4v) is 8.11. The summed E-state index contributed by atoms with van der Waals surface area (Å²) in [5, 5.41) is 10.7. The SMILES string of the molecule is [2H]C1([2H])C=C(c2nccc(C(=O)N[C@H](C)c3ccc(-c4cc(C(F)(F)F)ccc4CNC(=O)OC(C)(C)C)cc3)n2)CC([2H])([2H])O1.[2H]C1([2H])C=C(c2nccc(C(=O)N[C@H](C)c3ccc(-c4cc(C(F)(F)F)ccc4CNC(=O)OC(C)(C)C)cc3)n2)CC([2H])([2H])O1. The van der Waals surface area contributed by atoms with Gasteiger partial charge in [-0.1, -0.05) is 72.8 Å². The predicted molar refractivity (Wildman–Crippen MR) is 303 cm³/mol. The molecule has 444 valence electrons. The van der Waals surface area contributed by atoms with Gasteiger partial charge in [-0.15, -0.1) is 0 Å². The molecule has 0 saturated heterocycles. The largest absolute Gasteiger partial charge is 0.444 e. The van der Waals surface area contributed by atoms with E-state index in [4.69, 9.17) is 29.9 Å². The van der Waals surface area contributed by atoms with Crippen LogP contribution in [0.3, 0.4) is 0 Å². The summed E-state index contributed by atoms with van der Waals surface area (Å²) in [5.41, 5.74) is 0.635. The number of nitrogens with zero attached hydrogens (tertiary/aromatic N) is 4. The van der Waals surface area contributed by atoms with E-state index in [0.717, 1.165) is 36.4 Å².